The van der Waals surface area contributed by atoms with Gasteiger partial charge in [0.05, 0.1) is 12.6 Å². The summed E-state index contributed by atoms with van der Waals surface area (Å²) in [6.45, 7) is 5.31. The van der Waals surface area contributed by atoms with Gasteiger partial charge in [-0.15, -0.1) is 0 Å². The average molecular weight is 206 g/mol. The molecule has 1 fully saturated rings. The normalized spacial score (nSPS) is 30.3. The Kier molecular flexibility index (Phi) is 6.35. The van der Waals surface area contributed by atoms with E-state index in [1.165, 1.54) is 25.7 Å². The number of nitrogens with one attached hydrogen (secondary N) is 1. The van der Waals surface area contributed by atoms with E-state index in [0.717, 1.165) is 23.8 Å². The Balaban J connectivity index is 0.00000144. The lowest BCUT2D eigenvalue weighted by atomic mass is 9.85. The smallest absolute Gasteiger partial charge is 0.300 e. The van der Waals surface area contributed by atoms with Crippen molar-refractivity contribution in [2.45, 2.75) is 45.6 Å². The van der Waals surface area contributed by atoms with Gasteiger partial charge in [-0.05, 0) is 19.8 Å². The van der Waals surface area contributed by atoms with Crippen molar-refractivity contribution in [3.63, 3.8) is 0 Å². The van der Waals surface area contributed by atoms with Gasteiger partial charge in [0.25, 0.3) is 6.41 Å². The summed E-state index contributed by atoms with van der Waals surface area (Å²) in [6.07, 6.45) is 6.30. The predicted molar refractivity (Wildman–Crippen MR) is 49.0 cm³/mol. The largest absolute Gasteiger partial charge is 1.00 e. The van der Waals surface area contributed by atoms with E-state index in [9.17, 15) is 4.79 Å². The highest BCUT2D eigenvalue weighted by Crippen LogP contribution is 2.21. The van der Waals surface area contributed by atoms with E-state index in [2.05, 4.69) is 13.8 Å². The second kappa shape index (κ2) is 6.39. The van der Waals surface area contributed by atoms with Crippen molar-refractivity contribution in [2.24, 2.45) is 5.92 Å². The topological polar surface area (TPSA) is 21.5 Å². The molecule has 1 aliphatic carbocycles. The number of rotatable bonds is 3. The Morgan fingerprint density at radius 3 is 2.46 bits per heavy atom. The molecule has 78 valence electrons. The van der Waals surface area contributed by atoms with Crippen molar-refractivity contribution in [3.8, 4) is 0 Å². The zero-order valence-electron chi connectivity index (χ0n) is 8.55. The lowest BCUT2D eigenvalue weighted by Crippen LogP contribution is -3.15. The maximum absolute atomic E-state index is 10.7. The molecule has 3 heteroatoms. The fourth-order valence-electron chi connectivity index (χ4n) is 2.30. The molecule has 0 aliphatic heterocycles. The molecule has 3 atom stereocenters. The highest BCUT2D eigenvalue weighted by molar-refractivity contribution is 5.33. The van der Waals surface area contributed by atoms with Crippen LogP contribution in [-0.4, -0.2) is 19.0 Å². The fourth-order valence-corrected chi connectivity index (χ4v) is 2.30. The van der Waals surface area contributed by atoms with Gasteiger partial charge in [-0.2, -0.15) is 0 Å². The van der Waals surface area contributed by atoms with Crippen LogP contribution in [0.3, 0.4) is 0 Å². The van der Waals surface area contributed by atoms with Crippen molar-refractivity contribution < 1.29 is 22.1 Å². The average Bonchev–Trinajstić information content (AvgIpc) is 2.10. The predicted octanol–water partition coefficient (Wildman–Crippen LogP) is -2.37. The van der Waals surface area contributed by atoms with Gasteiger partial charge in [0.1, 0.15) is 0 Å². The minimum absolute atomic E-state index is 0. The molecular formula is C10H20ClNO. The van der Waals surface area contributed by atoms with Crippen molar-refractivity contribution in [1.82, 2.24) is 0 Å². The summed E-state index contributed by atoms with van der Waals surface area (Å²) in [4.78, 5) is 11.9. The summed E-state index contributed by atoms with van der Waals surface area (Å²) in [6, 6.07) is 0.598. The number of carbonyl (C=O) groups is 1. The second-order valence-corrected chi connectivity index (χ2v) is 3.91. The van der Waals surface area contributed by atoms with E-state index < -0.39 is 0 Å². The van der Waals surface area contributed by atoms with E-state index in [4.69, 9.17) is 0 Å². The molecule has 1 rings (SSSR count). The molecule has 0 bridgehead atoms. The van der Waals surface area contributed by atoms with Crippen LogP contribution in [0.25, 0.3) is 0 Å². The molecule has 1 saturated carbocycles. The summed E-state index contributed by atoms with van der Waals surface area (Å²) in [7, 11) is 0. The summed E-state index contributed by atoms with van der Waals surface area (Å²) in [5, 5.41) is 0. The minimum Gasteiger partial charge on any atom is -1.00 e. The molecule has 3 unspecified atom stereocenters. The molecule has 1 N–H and O–H groups in total. The molecule has 0 radical (unpaired) electrons. The molecule has 0 aromatic rings. The lowest BCUT2D eigenvalue weighted by molar-refractivity contribution is -0.843. The molecule has 13 heavy (non-hydrogen) atoms. The van der Waals surface area contributed by atoms with E-state index in [-0.39, 0.29) is 12.4 Å². The lowest BCUT2D eigenvalue weighted by Gasteiger charge is -2.31. The Bertz CT molecular complexity index is 152. The van der Waals surface area contributed by atoms with Gasteiger partial charge < -0.3 is 12.4 Å². The SMILES string of the molecule is CC[NH+](C=O)C1CCCCC1C.[Cl-]. The molecular weight excluding hydrogens is 186 g/mol. The number of carbonyl (C=O) groups excluding carboxylic acids is 1. The molecule has 2 nitrogen and oxygen atoms in total. The quantitative estimate of drug-likeness (QED) is 0.512. The van der Waals surface area contributed by atoms with E-state index in [1.807, 2.05) is 0 Å². The maximum Gasteiger partial charge on any atom is 0.300 e. The second-order valence-electron chi connectivity index (χ2n) is 3.91. The highest BCUT2D eigenvalue weighted by atomic mass is 35.5. The van der Waals surface area contributed by atoms with Gasteiger partial charge in [0, 0.05) is 12.3 Å². The van der Waals surface area contributed by atoms with E-state index in [1.54, 1.807) is 0 Å². The van der Waals surface area contributed by atoms with Crippen LogP contribution in [0.4, 0.5) is 0 Å². The van der Waals surface area contributed by atoms with Gasteiger partial charge in [-0.25, -0.2) is 4.79 Å². The van der Waals surface area contributed by atoms with Gasteiger partial charge in [-0.3, -0.25) is 4.90 Å². The molecule has 0 saturated heterocycles. The monoisotopic (exact) mass is 205 g/mol. The van der Waals surface area contributed by atoms with Gasteiger partial charge in [0.2, 0.25) is 0 Å². The third-order valence-corrected chi connectivity index (χ3v) is 3.15. The number of hydrogen-bond acceptors (Lipinski definition) is 1. The third-order valence-electron chi connectivity index (χ3n) is 3.15. The van der Waals surface area contributed by atoms with E-state index in [0.29, 0.717) is 6.04 Å². The van der Waals surface area contributed by atoms with Crippen molar-refractivity contribution in [1.29, 1.82) is 0 Å². The number of hydrogen-bond donors (Lipinski definition) is 1. The van der Waals surface area contributed by atoms with Crippen LogP contribution in [0.2, 0.25) is 0 Å². The number of quaternary nitrogens is 1. The first-order chi connectivity index (χ1) is 5.79. The van der Waals surface area contributed by atoms with E-state index >= 15 is 0 Å². The molecule has 1 amide bonds. The van der Waals surface area contributed by atoms with Crippen LogP contribution >= 0.6 is 0 Å². The molecule has 0 heterocycles. The van der Waals surface area contributed by atoms with Crippen molar-refractivity contribution in [3.05, 3.63) is 0 Å². The van der Waals surface area contributed by atoms with Crippen LogP contribution in [0, 0.1) is 5.92 Å². The summed E-state index contributed by atoms with van der Waals surface area (Å²) >= 11 is 0. The minimum atomic E-state index is 0. The Labute approximate surface area is 87.1 Å². The number of amides is 1. The Morgan fingerprint density at radius 1 is 1.38 bits per heavy atom. The van der Waals surface area contributed by atoms with Crippen LogP contribution in [-0.2, 0) is 4.79 Å². The standard InChI is InChI=1S/C10H19NO.ClH/c1-3-11(8-12)10-7-5-4-6-9(10)2;/h8-10H,3-7H2,1-2H3;1H. The van der Waals surface area contributed by atoms with Crippen molar-refractivity contribution in [2.75, 3.05) is 6.54 Å². The summed E-state index contributed by atoms with van der Waals surface area (Å²) < 4.78 is 0. The van der Waals surface area contributed by atoms with Crippen LogP contribution in [0.15, 0.2) is 0 Å². The Morgan fingerprint density at radius 2 is 2.00 bits per heavy atom. The molecule has 1 aliphatic rings. The Hall–Kier alpha value is -0.0800. The van der Waals surface area contributed by atoms with Crippen LogP contribution < -0.4 is 17.3 Å². The zero-order chi connectivity index (χ0) is 8.97. The van der Waals surface area contributed by atoms with Crippen LogP contribution in [0.5, 0.6) is 0 Å². The molecule has 0 aromatic carbocycles. The number of halogens is 1. The van der Waals surface area contributed by atoms with Crippen LogP contribution in [0.1, 0.15) is 39.5 Å². The first-order valence-electron chi connectivity index (χ1n) is 5.10. The fraction of sp³-hybridized carbons (Fsp3) is 0.900. The molecule has 0 aromatic heterocycles. The zero-order valence-corrected chi connectivity index (χ0v) is 9.31. The maximum atomic E-state index is 10.7. The van der Waals surface area contributed by atoms with Crippen molar-refractivity contribution >= 4 is 6.41 Å². The highest BCUT2D eigenvalue weighted by Gasteiger charge is 2.29. The first-order valence-corrected chi connectivity index (χ1v) is 5.10. The first kappa shape index (κ1) is 12.9. The van der Waals surface area contributed by atoms with Gasteiger partial charge in [0.15, 0.2) is 0 Å². The molecule has 0 spiro atoms. The van der Waals surface area contributed by atoms with Gasteiger partial charge in [-0.1, -0.05) is 13.3 Å². The van der Waals surface area contributed by atoms with Gasteiger partial charge >= 0.3 is 0 Å². The summed E-state index contributed by atoms with van der Waals surface area (Å²) in [5.41, 5.74) is 0. The summed E-state index contributed by atoms with van der Waals surface area (Å²) in [5.74, 6) is 0.735. The third kappa shape index (κ3) is 3.28.